The summed E-state index contributed by atoms with van der Waals surface area (Å²) in [5.41, 5.74) is 2.25. The molecular weight excluding hydrogens is 248 g/mol. The summed E-state index contributed by atoms with van der Waals surface area (Å²) in [4.78, 5) is 27.2. The van der Waals surface area contributed by atoms with E-state index in [2.05, 4.69) is 20.8 Å². The van der Waals surface area contributed by atoms with E-state index in [0.717, 1.165) is 6.42 Å². The molecule has 7 nitrogen and oxygen atoms in total. The molecule has 0 bridgehead atoms. The van der Waals surface area contributed by atoms with Gasteiger partial charge in [-0.15, -0.1) is 0 Å². The minimum absolute atomic E-state index is 0.244. The van der Waals surface area contributed by atoms with Crippen molar-refractivity contribution in [1.82, 2.24) is 10.7 Å². The lowest BCUT2D eigenvalue weighted by Crippen LogP contribution is -2.36. The van der Waals surface area contributed by atoms with Gasteiger partial charge in [0.15, 0.2) is 0 Å². The van der Waals surface area contributed by atoms with E-state index in [-0.39, 0.29) is 11.6 Å². The molecule has 1 aliphatic rings. The monoisotopic (exact) mass is 268 g/mol. The largest absolute Gasteiger partial charge is 0.443 e. The number of hydrogen-bond donors (Lipinski definition) is 2. The highest BCUT2D eigenvalue weighted by atomic mass is 16.6. The van der Waals surface area contributed by atoms with Gasteiger partial charge in [-0.2, -0.15) is 5.10 Å². The van der Waals surface area contributed by atoms with Crippen LogP contribution >= 0.6 is 0 Å². The van der Waals surface area contributed by atoms with Gasteiger partial charge in [0, 0.05) is 13.1 Å². The second-order valence-electron chi connectivity index (χ2n) is 5.15. The summed E-state index contributed by atoms with van der Waals surface area (Å²) >= 11 is 0. The zero-order chi connectivity index (χ0) is 14.5. The van der Waals surface area contributed by atoms with Crippen LogP contribution < -0.4 is 10.7 Å². The van der Waals surface area contributed by atoms with E-state index < -0.39 is 11.7 Å². The van der Waals surface area contributed by atoms with E-state index in [1.54, 1.807) is 27.7 Å². The number of hydrogen-bond acceptors (Lipinski definition) is 5. The van der Waals surface area contributed by atoms with Crippen LogP contribution in [-0.2, 0) is 9.53 Å². The number of ether oxygens (including phenoxy) is 1. The summed E-state index contributed by atoms with van der Waals surface area (Å²) in [6.45, 7) is 8.04. The number of nitrogens with one attached hydrogen (secondary N) is 2. The number of amides is 2. The number of rotatable bonds is 2. The van der Waals surface area contributed by atoms with Crippen molar-refractivity contribution in [2.75, 3.05) is 13.1 Å². The van der Waals surface area contributed by atoms with Crippen molar-refractivity contribution >= 4 is 23.4 Å². The zero-order valence-corrected chi connectivity index (χ0v) is 11.7. The van der Waals surface area contributed by atoms with E-state index in [9.17, 15) is 9.59 Å². The first kappa shape index (κ1) is 15.1. The molecule has 19 heavy (non-hydrogen) atoms. The van der Waals surface area contributed by atoms with E-state index in [4.69, 9.17) is 4.74 Å². The molecule has 7 heteroatoms. The summed E-state index contributed by atoms with van der Waals surface area (Å²) in [5.74, 6) is -0.273. The second kappa shape index (κ2) is 6.31. The van der Waals surface area contributed by atoms with Crippen LogP contribution in [0.2, 0.25) is 0 Å². The Balaban J connectivity index is 2.63. The van der Waals surface area contributed by atoms with Gasteiger partial charge in [0.2, 0.25) is 0 Å². The van der Waals surface area contributed by atoms with E-state index in [0.29, 0.717) is 18.8 Å². The highest BCUT2D eigenvalue weighted by molar-refractivity contribution is 6.66. The fourth-order valence-corrected chi connectivity index (χ4v) is 1.39. The average Bonchev–Trinajstić information content (AvgIpc) is 2.48. The predicted molar refractivity (Wildman–Crippen MR) is 72.4 cm³/mol. The van der Waals surface area contributed by atoms with Crippen molar-refractivity contribution in [3.63, 3.8) is 0 Å². The third-order valence-electron chi connectivity index (χ3n) is 2.16. The molecule has 0 aliphatic carbocycles. The third-order valence-corrected chi connectivity index (χ3v) is 2.16. The van der Waals surface area contributed by atoms with Crippen LogP contribution in [-0.4, -0.2) is 42.1 Å². The van der Waals surface area contributed by atoms with Gasteiger partial charge >= 0.3 is 6.09 Å². The summed E-state index contributed by atoms with van der Waals surface area (Å²) in [6.07, 6.45) is 0.128. The molecule has 1 heterocycles. The van der Waals surface area contributed by atoms with Crippen LogP contribution in [0.5, 0.6) is 0 Å². The van der Waals surface area contributed by atoms with E-state index >= 15 is 0 Å². The molecule has 0 unspecified atom stereocenters. The number of carbonyl (C=O) groups excluding carboxylic acids is 2. The molecule has 0 aromatic heterocycles. The first-order valence-corrected chi connectivity index (χ1v) is 6.16. The minimum atomic E-state index is -0.665. The number of hydrazone groups is 1. The number of aliphatic imine (C=N–C) groups is 1. The molecule has 1 rings (SSSR count). The Morgan fingerprint density at radius 3 is 2.79 bits per heavy atom. The van der Waals surface area contributed by atoms with Crippen molar-refractivity contribution in [2.45, 2.75) is 39.7 Å². The summed E-state index contributed by atoms with van der Waals surface area (Å²) in [6, 6.07) is 0. The van der Waals surface area contributed by atoms with E-state index in [1.165, 1.54) is 0 Å². The van der Waals surface area contributed by atoms with Crippen LogP contribution in [0.25, 0.3) is 0 Å². The predicted octanol–water partition coefficient (Wildman–Crippen LogP) is 0.848. The topological polar surface area (TPSA) is 92.2 Å². The Kier molecular flexibility index (Phi) is 5.02. The van der Waals surface area contributed by atoms with Crippen LogP contribution in [0.1, 0.15) is 34.1 Å². The average molecular weight is 268 g/mol. The molecule has 0 saturated heterocycles. The van der Waals surface area contributed by atoms with Crippen molar-refractivity contribution in [2.24, 2.45) is 10.1 Å². The standard InChI is InChI=1S/C12H20N4O3/c1-8(9-10(17)14-7-5-6-13-9)15-16-11(18)19-12(2,3)4/h5-7H2,1-4H3,(H,14,17)(H,16,18)/b15-8-. The molecule has 0 spiro atoms. The van der Waals surface area contributed by atoms with Crippen molar-refractivity contribution in [3.05, 3.63) is 0 Å². The Morgan fingerprint density at radius 2 is 2.16 bits per heavy atom. The molecular formula is C12H20N4O3. The van der Waals surface area contributed by atoms with Crippen molar-refractivity contribution in [1.29, 1.82) is 0 Å². The first-order chi connectivity index (χ1) is 8.79. The maximum absolute atomic E-state index is 11.7. The molecule has 2 amide bonds. The second-order valence-corrected chi connectivity index (χ2v) is 5.15. The van der Waals surface area contributed by atoms with Gasteiger partial charge in [-0.25, -0.2) is 10.2 Å². The van der Waals surface area contributed by atoms with Gasteiger partial charge in [0.25, 0.3) is 5.91 Å². The van der Waals surface area contributed by atoms with Crippen molar-refractivity contribution in [3.8, 4) is 0 Å². The molecule has 0 saturated carbocycles. The van der Waals surface area contributed by atoms with Gasteiger partial charge in [0.1, 0.15) is 11.3 Å². The van der Waals surface area contributed by atoms with Crippen LogP contribution in [0.15, 0.2) is 10.1 Å². The Morgan fingerprint density at radius 1 is 1.47 bits per heavy atom. The molecule has 0 atom stereocenters. The fraction of sp³-hybridized carbons (Fsp3) is 0.667. The third kappa shape index (κ3) is 5.50. The fourth-order valence-electron chi connectivity index (χ4n) is 1.39. The van der Waals surface area contributed by atoms with Gasteiger partial charge in [0.05, 0.1) is 5.71 Å². The quantitative estimate of drug-likeness (QED) is 0.574. The van der Waals surface area contributed by atoms with Gasteiger partial charge in [-0.3, -0.25) is 9.79 Å². The first-order valence-electron chi connectivity index (χ1n) is 6.16. The van der Waals surface area contributed by atoms with Crippen LogP contribution in [0.4, 0.5) is 4.79 Å². The molecule has 0 aromatic carbocycles. The summed E-state index contributed by atoms with van der Waals surface area (Å²) < 4.78 is 5.03. The maximum atomic E-state index is 11.7. The molecule has 2 N–H and O–H groups in total. The Hall–Kier alpha value is -1.92. The lowest BCUT2D eigenvalue weighted by atomic mass is 10.2. The Bertz CT molecular complexity index is 421. The normalized spacial score (nSPS) is 17.2. The zero-order valence-electron chi connectivity index (χ0n) is 11.7. The summed E-state index contributed by atoms with van der Waals surface area (Å²) in [5, 5.41) is 6.53. The number of nitrogens with zero attached hydrogens (tertiary/aromatic N) is 2. The Labute approximate surface area is 112 Å². The number of carbonyl (C=O) groups is 2. The molecule has 106 valence electrons. The molecule has 0 radical (unpaired) electrons. The SMILES string of the molecule is C/C(=N/NC(=O)OC(C)(C)C)C1=NCCCNC1=O. The van der Waals surface area contributed by atoms with Crippen LogP contribution in [0, 0.1) is 0 Å². The van der Waals surface area contributed by atoms with Crippen molar-refractivity contribution < 1.29 is 14.3 Å². The lowest BCUT2D eigenvalue weighted by molar-refractivity contribution is -0.114. The van der Waals surface area contributed by atoms with Gasteiger partial charge < -0.3 is 10.1 Å². The van der Waals surface area contributed by atoms with E-state index in [1.807, 2.05) is 0 Å². The maximum Gasteiger partial charge on any atom is 0.428 e. The highest BCUT2D eigenvalue weighted by Crippen LogP contribution is 2.06. The van der Waals surface area contributed by atoms with Crippen LogP contribution in [0.3, 0.4) is 0 Å². The minimum Gasteiger partial charge on any atom is -0.443 e. The highest BCUT2D eigenvalue weighted by Gasteiger charge is 2.18. The summed E-state index contributed by atoms with van der Waals surface area (Å²) in [7, 11) is 0. The molecule has 0 fully saturated rings. The van der Waals surface area contributed by atoms with Gasteiger partial charge in [-0.05, 0) is 34.1 Å². The lowest BCUT2D eigenvalue weighted by Gasteiger charge is -2.18. The van der Waals surface area contributed by atoms with Gasteiger partial charge in [-0.1, -0.05) is 0 Å². The molecule has 1 aliphatic heterocycles. The molecule has 0 aromatic rings. The smallest absolute Gasteiger partial charge is 0.428 e.